The van der Waals surface area contributed by atoms with Crippen molar-refractivity contribution < 1.29 is 13.2 Å². The lowest BCUT2D eigenvalue weighted by molar-refractivity contribution is -0.144. The van der Waals surface area contributed by atoms with E-state index in [2.05, 4.69) is 0 Å². The number of alkyl halides is 3. The lowest BCUT2D eigenvalue weighted by Crippen LogP contribution is -2.22. The third-order valence-corrected chi connectivity index (χ3v) is 2.22. The maximum atomic E-state index is 11.9. The van der Waals surface area contributed by atoms with E-state index in [1.54, 1.807) is 0 Å². The molecule has 0 amide bonds. The molecule has 0 aliphatic heterocycles. The van der Waals surface area contributed by atoms with Crippen LogP contribution in [0.3, 0.4) is 0 Å². The fourth-order valence-electron chi connectivity index (χ4n) is 1.42. The van der Waals surface area contributed by atoms with Gasteiger partial charge >= 0.3 is 6.18 Å². The minimum atomic E-state index is -4.04. The quantitative estimate of drug-likeness (QED) is 0.707. The Kier molecular flexibility index (Phi) is 2.99. The van der Waals surface area contributed by atoms with E-state index >= 15 is 0 Å². The average molecular weight is 181 g/mol. The monoisotopic (exact) mass is 181 g/mol. The Morgan fingerprint density at radius 2 is 1.92 bits per heavy atom. The second kappa shape index (κ2) is 3.64. The Labute approximate surface area is 70.1 Å². The summed E-state index contributed by atoms with van der Waals surface area (Å²) in [6.07, 6.45) is -1.91. The van der Waals surface area contributed by atoms with Gasteiger partial charge in [-0.3, -0.25) is 0 Å². The van der Waals surface area contributed by atoms with Gasteiger partial charge in [0.2, 0.25) is 0 Å². The molecule has 0 spiro atoms. The largest absolute Gasteiger partial charge is 0.389 e. The van der Waals surface area contributed by atoms with E-state index in [0.717, 1.165) is 12.8 Å². The first-order valence-corrected chi connectivity index (χ1v) is 4.28. The van der Waals surface area contributed by atoms with Gasteiger partial charge < -0.3 is 5.73 Å². The molecule has 1 atom stereocenters. The molecule has 0 bridgehead atoms. The summed E-state index contributed by atoms with van der Waals surface area (Å²) in [5.74, 6) is 0.179. The first-order valence-electron chi connectivity index (χ1n) is 4.28. The van der Waals surface area contributed by atoms with Crippen molar-refractivity contribution in [2.24, 2.45) is 17.6 Å². The zero-order valence-corrected chi connectivity index (χ0v) is 6.90. The fourth-order valence-corrected chi connectivity index (χ4v) is 1.42. The summed E-state index contributed by atoms with van der Waals surface area (Å²) in [4.78, 5) is 0. The standard InChI is InChI=1S/C8H14F3N/c9-8(10,11)4-7(5-12)3-6-1-2-6/h6-7H,1-5,12H2/t7-/m1/s1. The molecular weight excluding hydrogens is 167 g/mol. The molecule has 2 N–H and O–H groups in total. The second-order valence-electron chi connectivity index (χ2n) is 3.60. The van der Waals surface area contributed by atoms with Gasteiger partial charge in [0.1, 0.15) is 0 Å². The maximum Gasteiger partial charge on any atom is 0.389 e. The molecule has 1 saturated carbocycles. The van der Waals surface area contributed by atoms with Gasteiger partial charge in [0, 0.05) is 6.42 Å². The van der Waals surface area contributed by atoms with Crippen LogP contribution in [0.5, 0.6) is 0 Å². The van der Waals surface area contributed by atoms with Crippen LogP contribution in [0.4, 0.5) is 13.2 Å². The van der Waals surface area contributed by atoms with Crippen molar-refractivity contribution in [2.75, 3.05) is 6.54 Å². The summed E-state index contributed by atoms with van der Waals surface area (Å²) in [7, 11) is 0. The van der Waals surface area contributed by atoms with Gasteiger partial charge in [-0.2, -0.15) is 13.2 Å². The van der Waals surface area contributed by atoms with E-state index in [9.17, 15) is 13.2 Å². The van der Waals surface area contributed by atoms with Crippen molar-refractivity contribution in [1.29, 1.82) is 0 Å². The van der Waals surface area contributed by atoms with E-state index in [0.29, 0.717) is 12.3 Å². The van der Waals surface area contributed by atoms with Crippen LogP contribution in [-0.4, -0.2) is 12.7 Å². The molecule has 0 unspecified atom stereocenters. The molecule has 1 aliphatic carbocycles. The van der Waals surface area contributed by atoms with Gasteiger partial charge in [0.15, 0.2) is 0 Å². The maximum absolute atomic E-state index is 11.9. The summed E-state index contributed by atoms with van der Waals surface area (Å²) in [5.41, 5.74) is 5.26. The number of hydrogen-bond acceptors (Lipinski definition) is 1. The van der Waals surface area contributed by atoms with Gasteiger partial charge in [-0.05, 0) is 24.8 Å². The van der Waals surface area contributed by atoms with Crippen LogP contribution in [0.2, 0.25) is 0 Å². The zero-order chi connectivity index (χ0) is 9.19. The number of halogens is 3. The normalized spacial score (nSPS) is 21.0. The Morgan fingerprint density at radius 1 is 1.33 bits per heavy atom. The molecule has 1 aliphatic rings. The summed E-state index contributed by atoms with van der Waals surface area (Å²) < 4.78 is 35.7. The first kappa shape index (κ1) is 9.84. The van der Waals surface area contributed by atoms with Crippen LogP contribution in [0.1, 0.15) is 25.7 Å². The van der Waals surface area contributed by atoms with Crippen LogP contribution in [0.25, 0.3) is 0 Å². The average Bonchev–Trinajstić information content (AvgIpc) is 2.67. The Morgan fingerprint density at radius 3 is 2.25 bits per heavy atom. The topological polar surface area (TPSA) is 26.0 Å². The van der Waals surface area contributed by atoms with Gasteiger partial charge in [-0.25, -0.2) is 0 Å². The van der Waals surface area contributed by atoms with Gasteiger partial charge in [0.05, 0.1) is 0 Å². The molecule has 0 aromatic carbocycles. The Hall–Kier alpha value is -0.250. The number of nitrogens with two attached hydrogens (primary N) is 1. The molecule has 0 saturated heterocycles. The molecule has 1 nitrogen and oxygen atoms in total. The summed E-state index contributed by atoms with van der Waals surface area (Å²) in [6, 6.07) is 0. The zero-order valence-electron chi connectivity index (χ0n) is 6.90. The molecule has 0 aromatic heterocycles. The Bertz CT molecular complexity index is 140. The molecule has 1 fully saturated rings. The van der Waals surface area contributed by atoms with Crippen molar-refractivity contribution in [1.82, 2.24) is 0 Å². The highest BCUT2D eigenvalue weighted by Gasteiger charge is 2.34. The van der Waals surface area contributed by atoms with Gasteiger partial charge in [-0.15, -0.1) is 0 Å². The Balaban J connectivity index is 2.23. The van der Waals surface area contributed by atoms with E-state index in [1.165, 1.54) is 0 Å². The van der Waals surface area contributed by atoms with E-state index in [-0.39, 0.29) is 12.5 Å². The van der Waals surface area contributed by atoms with Crippen molar-refractivity contribution in [2.45, 2.75) is 31.9 Å². The molecule has 1 rings (SSSR count). The van der Waals surface area contributed by atoms with Crippen LogP contribution < -0.4 is 5.73 Å². The van der Waals surface area contributed by atoms with Crippen LogP contribution in [0.15, 0.2) is 0 Å². The predicted octanol–water partition coefficient (Wildman–Crippen LogP) is 2.31. The fraction of sp³-hybridized carbons (Fsp3) is 1.00. The van der Waals surface area contributed by atoms with Crippen molar-refractivity contribution >= 4 is 0 Å². The lowest BCUT2D eigenvalue weighted by Gasteiger charge is -2.15. The second-order valence-corrected chi connectivity index (χ2v) is 3.60. The summed E-state index contributed by atoms with van der Waals surface area (Å²) in [6.45, 7) is 0.163. The third kappa shape index (κ3) is 3.95. The molecule has 0 heterocycles. The minimum absolute atomic E-state index is 0.163. The molecule has 4 heteroatoms. The van der Waals surface area contributed by atoms with Crippen LogP contribution in [-0.2, 0) is 0 Å². The highest BCUT2D eigenvalue weighted by atomic mass is 19.4. The van der Waals surface area contributed by atoms with E-state index in [4.69, 9.17) is 5.73 Å². The lowest BCUT2D eigenvalue weighted by atomic mass is 9.98. The molecular formula is C8H14F3N. The van der Waals surface area contributed by atoms with Gasteiger partial charge in [-0.1, -0.05) is 12.8 Å². The van der Waals surface area contributed by atoms with Crippen LogP contribution >= 0.6 is 0 Å². The molecule has 72 valence electrons. The molecule has 0 aromatic rings. The highest BCUT2D eigenvalue weighted by molar-refractivity contribution is 4.78. The number of rotatable bonds is 4. The summed E-state index contributed by atoms with van der Waals surface area (Å²) >= 11 is 0. The smallest absolute Gasteiger partial charge is 0.330 e. The SMILES string of the molecule is NC[C@H](CC1CC1)CC(F)(F)F. The van der Waals surface area contributed by atoms with E-state index in [1.807, 2.05) is 0 Å². The third-order valence-electron chi connectivity index (χ3n) is 2.22. The highest BCUT2D eigenvalue weighted by Crippen LogP contribution is 2.38. The van der Waals surface area contributed by atoms with Crippen molar-refractivity contribution in [3.05, 3.63) is 0 Å². The molecule has 12 heavy (non-hydrogen) atoms. The first-order chi connectivity index (χ1) is 5.51. The summed E-state index contributed by atoms with van der Waals surface area (Å²) in [5, 5.41) is 0. The number of hydrogen-bond donors (Lipinski definition) is 1. The predicted molar refractivity (Wildman–Crippen MR) is 40.6 cm³/mol. The van der Waals surface area contributed by atoms with Crippen molar-refractivity contribution in [3.63, 3.8) is 0 Å². The molecule has 0 radical (unpaired) electrons. The van der Waals surface area contributed by atoms with Crippen LogP contribution in [0, 0.1) is 11.8 Å². The van der Waals surface area contributed by atoms with Crippen molar-refractivity contribution in [3.8, 4) is 0 Å². The minimum Gasteiger partial charge on any atom is -0.330 e. The van der Waals surface area contributed by atoms with E-state index < -0.39 is 12.6 Å². The van der Waals surface area contributed by atoms with Gasteiger partial charge in [0.25, 0.3) is 0 Å².